The lowest BCUT2D eigenvalue weighted by atomic mass is 10.2. The molecule has 1 aromatic rings. The molecule has 0 radical (unpaired) electrons. The quantitative estimate of drug-likeness (QED) is 0.825. The molecule has 0 amide bonds. The van der Waals surface area contributed by atoms with Crippen LogP contribution in [0.1, 0.15) is 23.3 Å². The molecule has 0 unspecified atom stereocenters. The van der Waals surface area contributed by atoms with Gasteiger partial charge in [0.1, 0.15) is 6.61 Å². The normalized spacial score (nSPS) is 19.2. The van der Waals surface area contributed by atoms with Gasteiger partial charge in [-0.3, -0.25) is 0 Å². The maximum absolute atomic E-state index is 11.9. The first kappa shape index (κ1) is 13.6. The number of aliphatic hydroxyl groups is 1. The van der Waals surface area contributed by atoms with Crippen molar-refractivity contribution in [3.05, 3.63) is 21.9 Å². The lowest BCUT2D eigenvalue weighted by Gasteiger charge is -2.25. The molecule has 98 valence electrons. The van der Waals surface area contributed by atoms with E-state index in [1.807, 2.05) is 11.4 Å². The molecule has 0 atom stereocenters. The highest BCUT2D eigenvalue weighted by Crippen LogP contribution is 2.22. The van der Waals surface area contributed by atoms with Gasteiger partial charge in [-0.05, 0) is 24.3 Å². The van der Waals surface area contributed by atoms with E-state index in [0.717, 1.165) is 23.3 Å². The molecule has 18 heavy (non-hydrogen) atoms. The van der Waals surface area contributed by atoms with Gasteiger partial charge in [-0.15, -0.1) is 11.3 Å². The number of sulfonamides is 1. The second kappa shape index (κ2) is 5.85. The fourth-order valence-electron chi connectivity index (χ4n) is 1.89. The van der Waals surface area contributed by atoms with Crippen molar-refractivity contribution in [3.63, 3.8) is 0 Å². The van der Waals surface area contributed by atoms with Crippen LogP contribution in [0.5, 0.6) is 0 Å². The molecule has 0 bridgehead atoms. The zero-order chi connectivity index (χ0) is 13.0. The van der Waals surface area contributed by atoms with Crippen molar-refractivity contribution in [3.8, 4) is 11.8 Å². The summed E-state index contributed by atoms with van der Waals surface area (Å²) in [6, 6.07) is 1.86. The monoisotopic (exact) mass is 285 g/mol. The van der Waals surface area contributed by atoms with Gasteiger partial charge in [-0.25, -0.2) is 8.42 Å². The smallest absolute Gasteiger partial charge is 0.214 e. The predicted molar refractivity (Wildman–Crippen MR) is 71.7 cm³/mol. The maximum Gasteiger partial charge on any atom is 0.214 e. The number of hydrogen-bond donors (Lipinski definition) is 1. The minimum Gasteiger partial charge on any atom is -0.384 e. The molecule has 6 heteroatoms. The van der Waals surface area contributed by atoms with Crippen molar-refractivity contribution in [2.75, 3.05) is 18.9 Å². The zero-order valence-corrected chi connectivity index (χ0v) is 11.6. The maximum atomic E-state index is 11.9. The summed E-state index contributed by atoms with van der Waals surface area (Å²) < 4.78 is 25.3. The van der Waals surface area contributed by atoms with Crippen LogP contribution in [0.15, 0.2) is 11.4 Å². The van der Waals surface area contributed by atoms with Crippen molar-refractivity contribution < 1.29 is 13.5 Å². The van der Waals surface area contributed by atoms with E-state index in [-0.39, 0.29) is 12.4 Å². The molecule has 1 fully saturated rings. The van der Waals surface area contributed by atoms with Crippen LogP contribution in [-0.2, 0) is 16.6 Å². The number of nitrogens with zero attached hydrogens (tertiary/aromatic N) is 1. The van der Waals surface area contributed by atoms with Crippen LogP contribution in [0.4, 0.5) is 0 Å². The Morgan fingerprint density at radius 2 is 2.28 bits per heavy atom. The molecular formula is C12H15NO3S2. The molecule has 1 saturated heterocycles. The van der Waals surface area contributed by atoms with Gasteiger partial charge in [0, 0.05) is 23.5 Å². The molecule has 1 N–H and O–H groups in total. The van der Waals surface area contributed by atoms with E-state index in [1.165, 1.54) is 15.6 Å². The molecular weight excluding hydrogens is 270 g/mol. The molecule has 1 aromatic heterocycles. The summed E-state index contributed by atoms with van der Waals surface area (Å²) in [6.07, 6.45) is 1.67. The third-order valence-corrected chi connectivity index (χ3v) is 5.63. The standard InChI is InChI=1S/C12H15NO3S2/c14-7-3-4-11-5-8-17-12(11)10-13-6-1-2-9-18(13,15)16/h5,8,14H,1-2,6-7,9-10H2. The highest BCUT2D eigenvalue weighted by molar-refractivity contribution is 7.89. The van der Waals surface area contributed by atoms with Gasteiger partial charge in [0.05, 0.1) is 5.75 Å². The first-order chi connectivity index (χ1) is 8.63. The Morgan fingerprint density at radius 3 is 3.00 bits per heavy atom. The Balaban J connectivity index is 2.16. The van der Waals surface area contributed by atoms with Gasteiger partial charge < -0.3 is 5.11 Å². The highest BCUT2D eigenvalue weighted by Gasteiger charge is 2.26. The third-order valence-electron chi connectivity index (χ3n) is 2.82. The average molecular weight is 285 g/mol. The number of hydrogen-bond acceptors (Lipinski definition) is 4. The van der Waals surface area contributed by atoms with Gasteiger partial charge in [-0.1, -0.05) is 11.8 Å². The van der Waals surface area contributed by atoms with Crippen molar-refractivity contribution in [1.82, 2.24) is 4.31 Å². The van der Waals surface area contributed by atoms with Crippen molar-refractivity contribution in [2.45, 2.75) is 19.4 Å². The minimum atomic E-state index is -3.09. The Morgan fingerprint density at radius 1 is 1.44 bits per heavy atom. The highest BCUT2D eigenvalue weighted by atomic mass is 32.2. The number of aliphatic hydroxyl groups excluding tert-OH is 1. The summed E-state index contributed by atoms with van der Waals surface area (Å²) in [5, 5.41) is 10.6. The first-order valence-corrected chi connectivity index (χ1v) is 8.26. The van der Waals surface area contributed by atoms with Crippen molar-refractivity contribution in [2.24, 2.45) is 0 Å². The molecule has 4 nitrogen and oxygen atoms in total. The molecule has 0 saturated carbocycles. The summed E-state index contributed by atoms with van der Waals surface area (Å²) >= 11 is 1.50. The fraction of sp³-hybridized carbons (Fsp3) is 0.500. The van der Waals surface area contributed by atoms with E-state index in [4.69, 9.17) is 5.11 Å². The molecule has 0 spiro atoms. The SMILES string of the molecule is O=S1(=O)CCCCN1Cc1sccc1C#CCO. The zero-order valence-electron chi connectivity index (χ0n) is 9.92. The van der Waals surface area contributed by atoms with Gasteiger partial charge in [0.25, 0.3) is 0 Å². The molecule has 1 aliphatic rings. The van der Waals surface area contributed by atoms with Crippen molar-refractivity contribution in [1.29, 1.82) is 0 Å². The molecule has 1 aliphatic heterocycles. The second-order valence-corrected chi connectivity index (χ2v) is 7.16. The number of rotatable bonds is 2. The van der Waals surface area contributed by atoms with Gasteiger partial charge >= 0.3 is 0 Å². The van der Waals surface area contributed by atoms with Crippen LogP contribution in [0.25, 0.3) is 0 Å². The predicted octanol–water partition coefficient (Wildman–Crippen LogP) is 1.02. The van der Waals surface area contributed by atoms with Crippen LogP contribution in [-0.4, -0.2) is 36.7 Å². The van der Waals surface area contributed by atoms with Crippen molar-refractivity contribution >= 4 is 21.4 Å². The minimum absolute atomic E-state index is 0.183. The summed E-state index contributed by atoms with van der Waals surface area (Å²) in [4.78, 5) is 0.946. The van der Waals surface area contributed by atoms with Crippen LogP contribution in [0.2, 0.25) is 0 Å². The largest absolute Gasteiger partial charge is 0.384 e. The molecule has 2 rings (SSSR count). The summed E-state index contributed by atoms with van der Waals surface area (Å²) in [7, 11) is -3.09. The number of thiophene rings is 1. The lowest BCUT2D eigenvalue weighted by molar-refractivity contribution is 0.350. The Hall–Kier alpha value is -0.870. The molecule has 0 aliphatic carbocycles. The van der Waals surface area contributed by atoms with Gasteiger partial charge in [-0.2, -0.15) is 4.31 Å². The van der Waals surface area contributed by atoms with E-state index < -0.39 is 10.0 Å². The van der Waals surface area contributed by atoms with Gasteiger partial charge in [0.2, 0.25) is 10.0 Å². The van der Waals surface area contributed by atoms with Crippen LogP contribution < -0.4 is 0 Å². The van der Waals surface area contributed by atoms with Crippen LogP contribution >= 0.6 is 11.3 Å². The summed E-state index contributed by atoms with van der Waals surface area (Å²) in [6.45, 7) is 0.805. The van der Waals surface area contributed by atoms with Gasteiger partial charge in [0.15, 0.2) is 0 Å². The van der Waals surface area contributed by atoms with E-state index in [0.29, 0.717) is 13.1 Å². The third kappa shape index (κ3) is 3.12. The fourth-order valence-corrected chi connectivity index (χ4v) is 4.37. The summed E-state index contributed by atoms with van der Waals surface area (Å²) in [5.74, 6) is 5.69. The Labute approximate surface area is 111 Å². The van der Waals surface area contributed by atoms with Crippen LogP contribution in [0.3, 0.4) is 0 Å². The molecule has 2 heterocycles. The van der Waals surface area contributed by atoms with Crippen LogP contribution in [0, 0.1) is 11.8 Å². The van der Waals surface area contributed by atoms with E-state index in [9.17, 15) is 8.42 Å². The van der Waals surface area contributed by atoms with E-state index in [1.54, 1.807) is 0 Å². The van der Waals surface area contributed by atoms with E-state index in [2.05, 4.69) is 11.8 Å². The Kier molecular flexibility index (Phi) is 4.40. The second-order valence-electron chi connectivity index (χ2n) is 4.07. The average Bonchev–Trinajstić information content (AvgIpc) is 2.76. The topological polar surface area (TPSA) is 57.6 Å². The lowest BCUT2D eigenvalue weighted by Crippen LogP contribution is -2.37. The summed E-state index contributed by atoms with van der Waals surface area (Å²) in [5.41, 5.74) is 0.815. The molecule has 0 aromatic carbocycles. The van der Waals surface area contributed by atoms with E-state index >= 15 is 0 Å². The first-order valence-electron chi connectivity index (χ1n) is 5.77. The Bertz CT molecular complexity index is 566.